The summed E-state index contributed by atoms with van der Waals surface area (Å²) in [5.74, 6) is 2.70. The molecule has 2 aromatic rings. The van der Waals surface area contributed by atoms with Crippen LogP contribution in [0.4, 0.5) is 0 Å². The van der Waals surface area contributed by atoms with Gasteiger partial charge in [0.1, 0.15) is 0 Å². The van der Waals surface area contributed by atoms with Gasteiger partial charge in [-0.15, -0.1) is 0 Å². The second-order valence-electron chi connectivity index (χ2n) is 5.20. The molecule has 0 atom stereocenters. The van der Waals surface area contributed by atoms with E-state index in [9.17, 15) is 5.26 Å². The van der Waals surface area contributed by atoms with Crippen LogP contribution in [0.15, 0.2) is 30.3 Å². The topological polar surface area (TPSA) is 60.7 Å². The highest BCUT2D eigenvalue weighted by Crippen LogP contribution is 2.37. The molecule has 25 heavy (non-hydrogen) atoms. The molecule has 0 saturated heterocycles. The van der Waals surface area contributed by atoms with Crippen LogP contribution in [0.3, 0.4) is 0 Å². The summed E-state index contributed by atoms with van der Waals surface area (Å²) in [4.78, 5) is 0. The van der Waals surface area contributed by atoms with E-state index in [1.165, 1.54) is 0 Å². The van der Waals surface area contributed by atoms with Gasteiger partial charge in [-0.05, 0) is 77.0 Å². The molecule has 0 saturated carbocycles. The Morgan fingerprint density at radius 3 is 2.80 bits per heavy atom. The Morgan fingerprint density at radius 1 is 1.28 bits per heavy atom. The van der Waals surface area contributed by atoms with Crippen molar-refractivity contribution in [2.75, 3.05) is 20.5 Å². The van der Waals surface area contributed by atoms with Gasteiger partial charge in [0, 0.05) is 0 Å². The van der Waals surface area contributed by atoms with Crippen molar-refractivity contribution >= 4 is 34.2 Å². The number of rotatable bonds is 5. The Labute approximate surface area is 159 Å². The largest absolute Gasteiger partial charge is 0.493 e. The predicted molar refractivity (Wildman–Crippen MR) is 103 cm³/mol. The minimum atomic E-state index is 0.207. The van der Waals surface area contributed by atoms with Gasteiger partial charge in [-0.25, -0.2) is 0 Å². The van der Waals surface area contributed by atoms with E-state index in [-0.39, 0.29) is 6.79 Å². The average molecular weight is 449 g/mol. The molecule has 1 aliphatic rings. The summed E-state index contributed by atoms with van der Waals surface area (Å²) in [6.07, 6.45) is 1.82. The minimum Gasteiger partial charge on any atom is -0.493 e. The van der Waals surface area contributed by atoms with Crippen molar-refractivity contribution in [2.24, 2.45) is 0 Å². The summed E-state index contributed by atoms with van der Waals surface area (Å²) in [5, 5.41) is 9.58. The molecule has 0 unspecified atom stereocenters. The molecule has 0 N–H and O–H groups in total. The first-order valence-corrected chi connectivity index (χ1v) is 8.76. The highest BCUT2D eigenvalue weighted by Gasteiger charge is 2.15. The lowest BCUT2D eigenvalue weighted by molar-refractivity contribution is 0.174. The summed E-state index contributed by atoms with van der Waals surface area (Å²) >= 11 is 2.20. The Balaban J connectivity index is 2.00. The van der Waals surface area contributed by atoms with Gasteiger partial charge in [0.2, 0.25) is 6.79 Å². The number of ether oxygens (including phenoxy) is 4. The van der Waals surface area contributed by atoms with Gasteiger partial charge in [-0.1, -0.05) is 0 Å². The molecule has 0 aromatic heterocycles. The second kappa shape index (κ2) is 7.66. The fourth-order valence-electron chi connectivity index (χ4n) is 2.52. The monoisotopic (exact) mass is 449 g/mol. The number of benzene rings is 2. The van der Waals surface area contributed by atoms with Crippen LogP contribution in [0, 0.1) is 14.9 Å². The first kappa shape index (κ1) is 17.4. The van der Waals surface area contributed by atoms with Gasteiger partial charge in [0.25, 0.3) is 0 Å². The van der Waals surface area contributed by atoms with Gasteiger partial charge in [-0.2, -0.15) is 5.26 Å². The quantitative estimate of drug-likeness (QED) is 0.383. The van der Waals surface area contributed by atoms with Crippen molar-refractivity contribution < 1.29 is 18.9 Å². The number of halogens is 1. The van der Waals surface area contributed by atoms with E-state index in [0.717, 1.165) is 14.7 Å². The predicted octanol–water partition coefficient (Wildman–Crippen LogP) is 4.49. The van der Waals surface area contributed by atoms with E-state index >= 15 is 0 Å². The molecule has 0 spiro atoms. The number of allylic oxidation sites excluding steroid dienone is 1. The number of hydrogen-bond donors (Lipinski definition) is 0. The van der Waals surface area contributed by atoms with Crippen molar-refractivity contribution in [3.63, 3.8) is 0 Å². The second-order valence-corrected chi connectivity index (χ2v) is 6.37. The summed E-state index contributed by atoms with van der Waals surface area (Å²) in [5.41, 5.74) is 2.16. The molecule has 128 valence electrons. The third-order valence-corrected chi connectivity index (χ3v) is 4.46. The highest BCUT2D eigenvalue weighted by atomic mass is 127. The fourth-order valence-corrected chi connectivity index (χ4v) is 3.30. The zero-order chi connectivity index (χ0) is 17.8. The van der Waals surface area contributed by atoms with Gasteiger partial charge in [0.05, 0.1) is 28.9 Å². The molecule has 0 bridgehead atoms. The Morgan fingerprint density at radius 2 is 2.08 bits per heavy atom. The maximum absolute atomic E-state index is 9.58. The number of methoxy groups -OCH3 is 1. The normalized spacial score (nSPS) is 12.6. The standard InChI is InChI=1S/C19H16INO4/c1-3-23-19-15(20)7-12(8-18(19)22-2)6-14(10-21)13-4-5-16-17(9-13)25-11-24-16/h4-9H,3,11H2,1-2H3/b14-6-. The smallest absolute Gasteiger partial charge is 0.231 e. The van der Waals surface area contributed by atoms with Crippen molar-refractivity contribution in [2.45, 2.75) is 6.92 Å². The zero-order valence-electron chi connectivity index (χ0n) is 13.8. The van der Waals surface area contributed by atoms with Crippen molar-refractivity contribution in [1.29, 1.82) is 5.26 Å². The third-order valence-electron chi connectivity index (χ3n) is 3.66. The Kier molecular flexibility index (Phi) is 5.34. The Bertz CT molecular complexity index is 870. The van der Waals surface area contributed by atoms with E-state index in [4.69, 9.17) is 18.9 Å². The van der Waals surface area contributed by atoms with Crippen molar-refractivity contribution in [3.8, 4) is 29.1 Å². The molecule has 1 aliphatic heterocycles. The van der Waals surface area contributed by atoms with Crippen LogP contribution in [0.1, 0.15) is 18.1 Å². The molecule has 6 heteroatoms. The van der Waals surface area contributed by atoms with Crippen LogP contribution in [-0.4, -0.2) is 20.5 Å². The van der Waals surface area contributed by atoms with Crippen LogP contribution in [0.5, 0.6) is 23.0 Å². The van der Waals surface area contributed by atoms with E-state index in [2.05, 4.69) is 28.7 Å². The molecule has 2 aromatic carbocycles. The zero-order valence-corrected chi connectivity index (χ0v) is 16.0. The number of nitrogens with zero attached hydrogens (tertiary/aromatic N) is 1. The molecular formula is C19H16INO4. The molecule has 0 radical (unpaired) electrons. The lowest BCUT2D eigenvalue weighted by Gasteiger charge is -2.12. The van der Waals surface area contributed by atoms with Crippen molar-refractivity contribution in [3.05, 3.63) is 45.0 Å². The van der Waals surface area contributed by atoms with E-state index in [1.807, 2.05) is 43.3 Å². The van der Waals surface area contributed by atoms with Crippen molar-refractivity contribution in [1.82, 2.24) is 0 Å². The van der Waals surface area contributed by atoms with Gasteiger partial charge in [0.15, 0.2) is 23.0 Å². The van der Waals surface area contributed by atoms with E-state index in [1.54, 1.807) is 7.11 Å². The molecular weight excluding hydrogens is 433 g/mol. The number of fused-ring (bicyclic) bond motifs is 1. The van der Waals surface area contributed by atoms with Crippen LogP contribution < -0.4 is 18.9 Å². The molecule has 0 amide bonds. The van der Waals surface area contributed by atoms with E-state index in [0.29, 0.717) is 35.2 Å². The van der Waals surface area contributed by atoms with Crippen LogP contribution in [0.25, 0.3) is 11.6 Å². The first-order chi connectivity index (χ1) is 12.2. The molecule has 0 fully saturated rings. The SMILES string of the molecule is CCOc1c(I)cc(/C=C(/C#N)c2ccc3c(c2)OCO3)cc1OC. The summed E-state index contributed by atoms with van der Waals surface area (Å²) in [7, 11) is 1.60. The van der Waals surface area contributed by atoms with Crippen LogP contribution in [0.2, 0.25) is 0 Å². The van der Waals surface area contributed by atoms with Gasteiger partial charge >= 0.3 is 0 Å². The summed E-state index contributed by atoms with van der Waals surface area (Å²) < 4.78 is 22.7. The van der Waals surface area contributed by atoms with E-state index < -0.39 is 0 Å². The molecule has 3 rings (SSSR count). The molecule has 5 nitrogen and oxygen atoms in total. The third kappa shape index (κ3) is 3.66. The number of hydrogen-bond acceptors (Lipinski definition) is 5. The van der Waals surface area contributed by atoms with Gasteiger partial charge in [-0.3, -0.25) is 0 Å². The number of nitriles is 1. The lowest BCUT2D eigenvalue weighted by Crippen LogP contribution is -1.98. The summed E-state index contributed by atoms with van der Waals surface area (Å²) in [6.45, 7) is 2.69. The summed E-state index contributed by atoms with van der Waals surface area (Å²) in [6, 6.07) is 11.5. The van der Waals surface area contributed by atoms with Crippen LogP contribution >= 0.6 is 22.6 Å². The average Bonchev–Trinajstić information content (AvgIpc) is 3.09. The van der Waals surface area contributed by atoms with Gasteiger partial charge < -0.3 is 18.9 Å². The Hall–Kier alpha value is -2.40. The highest BCUT2D eigenvalue weighted by molar-refractivity contribution is 14.1. The fraction of sp³-hybridized carbons (Fsp3) is 0.211. The maximum atomic E-state index is 9.58. The first-order valence-electron chi connectivity index (χ1n) is 7.68. The molecule has 1 heterocycles. The molecule has 0 aliphatic carbocycles. The minimum absolute atomic E-state index is 0.207. The maximum Gasteiger partial charge on any atom is 0.231 e. The lowest BCUT2D eigenvalue weighted by atomic mass is 10.0. The van der Waals surface area contributed by atoms with Crippen LogP contribution in [-0.2, 0) is 0 Å².